The molecule has 0 fully saturated rings. The number of hydrogen-bond donors (Lipinski definition) is 1. The first-order valence-corrected chi connectivity index (χ1v) is 7.51. The van der Waals surface area contributed by atoms with E-state index < -0.39 is 10.8 Å². The lowest BCUT2D eigenvalue weighted by atomic mass is 9.95. The van der Waals surface area contributed by atoms with Crippen molar-refractivity contribution >= 4 is 10.8 Å². The first-order valence-electron chi connectivity index (χ1n) is 6.30. The van der Waals surface area contributed by atoms with Crippen molar-refractivity contribution in [1.29, 1.82) is 0 Å². The lowest BCUT2D eigenvalue weighted by Crippen LogP contribution is -2.32. The molecule has 0 aliphatic carbocycles. The molecule has 3 heteroatoms. The lowest BCUT2D eigenvalue weighted by Gasteiger charge is -2.32. The third-order valence-corrected chi connectivity index (χ3v) is 5.41. The molecule has 3 unspecified atom stereocenters. The van der Waals surface area contributed by atoms with E-state index in [1.54, 1.807) is 0 Å². The minimum absolute atomic E-state index is 0.243. The van der Waals surface area contributed by atoms with E-state index in [1.807, 2.05) is 0 Å². The molecule has 0 bridgehead atoms. The Morgan fingerprint density at radius 1 is 1.35 bits per heavy atom. The van der Waals surface area contributed by atoms with Crippen molar-refractivity contribution in [1.82, 2.24) is 5.32 Å². The highest BCUT2D eigenvalue weighted by Crippen LogP contribution is 2.37. The van der Waals surface area contributed by atoms with Crippen molar-refractivity contribution in [3.05, 3.63) is 28.8 Å². The van der Waals surface area contributed by atoms with Crippen LogP contribution in [0.1, 0.15) is 43.0 Å². The van der Waals surface area contributed by atoms with Crippen LogP contribution >= 0.6 is 0 Å². The van der Waals surface area contributed by atoms with Crippen molar-refractivity contribution < 1.29 is 4.21 Å². The van der Waals surface area contributed by atoms with Crippen LogP contribution in [0.25, 0.3) is 0 Å². The molecule has 1 N–H and O–H groups in total. The molecule has 2 rings (SSSR count). The average molecular weight is 251 g/mol. The highest BCUT2D eigenvalue weighted by atomic mass is 32.2. The Bertz CT molecular complexity index is 456. The lowest BCUT2D eigenvalue weighted by molar-refractivity contribution is 0.487. The number of fused-ring (bicyclic) bond motifs is 1. The monoisotopic (exact) mass is 251 g/mol. The second kappa shape index (κ2) is 4.91. The van der Waals surface area contributed by atoms with Crippen LogP contribution in [-0.4, -0.2) is 16.0 Å². The maximum Gasteiger partial charge on any atom is 0.0564 e. The molecule has 1 aromatic carbocycles. The Kier molecular flexibility index (Phi) is 3.69. The summed E-state index contributed by atoms with van der Waals surface area (Å²) in [7, 11) is -0.846. The molecule has 1 aliphatic rings. The van der Waals surface area contributed by atoms with Crippen molar-refractivity contribution in [2.24, 2.45) is 0 Å². The van der Waals surface area contributed by atoms with Crippen LogP contribution in [0.2, 0.25) is 0 Å². The molecule has 1 aliphatic heterocycles. The second-order valence-corrected chi connectivity index (χ2v) is 6.70. The van der Waals surface area contributed by atoms with E-state index in [0.29, 0.717) is 6.04 Å². The predicted octanol–water partition coefficient (Wildman–Crippen LogP) is 2.85. The molecule has 0 aromatic heterocycles. The number of aryl methyl sites for hydroxylation is 2. The Morgan fingerprint density at radius 2 is 2.00 bits per heavy atom. The fraction of sp³-hybridized carbons (Fsp3) is 0.571. The number of nitrogens with one attached hydrogen (secondary N) is 1. The number of benzene rings is 1. The van der Waals surface area contributed by atoms with Crippen molar-refractivity contribution in [3.63, 3.8) is 0 Å². The van der Waals surface area contributed by atoms with E-state index in [0.717, 1.165) is 17.9 Å². The third-order valence-electron chi connectivity index (χ3n) is 3.54. The molecule has 3 atom stereocenters. The van der Waals surface area contributed by atoms with Gasteiger partial charge in [-0.3, -0.25) is 4.21 Å². The molecule has 0 spiro atoms. The maximum atomic E-state index is 12.4. The zero-order chi connectivity index (χ0) is 12.6. The largest absolute Gasteiger partial charge is 0.310 e. The summed E-state index contributed by atoms with van der Waals surface area (Å²) in [5.74, 6) is 0. The van der Waals surface area contributed by atoms with Crippen LogP contribution in [-0.2, 0) is 10.8 Å². The first kappa shape index (κ1) is 12.8. The van der Waals surface area contributed by atoms with Gasteiger partial charge in [0.2, 0.25) is 0 Å². The normalized spacial score (nSPS) is 27.9. The SMILES string of the molecule is CCNC1CC(C)S(=O)c2c(C)ccc(C)c21. The predicted molar refractivity (Wildman–Crippen MR) is 72.8 cm³/mol. The highest BCUT2D eigenvalue weighted by molar-refractivity contribution is 7.85. The number of rotatable bonds is 2. The molecule has 0 saturated heterocycles. The standard InChI is InChI=1S/C14H21NOS/c1-5-15-12-8-11(4)17(16)14-10(3)7-6-9(2)13(12)14/h6-7,11-12,15H,5,8H2,1-4H3. The van der Waals surface area contributed by atoms with Crippen LogP contribution < -0.4 is 5.32 Å². The van der Waals surface area contributed by atoms with E-state index in [4.69, 9.17) is 0 Å². The van der Waals surface area contributed by atoms with Gasteiger partial charge in [-0.2, -0.15) is 0 Å². The average Bonchev–Trinajstić information content (AvgIpc) is 2.29. The second-order valence-electron chi connectivity index (χ2n) is 4.90. The van der Waals surface area contributed by atoms with Gasteiger partial charge in [-0.25, -0.2) is 0 Å². The fourth-order valence-electron chi connectivity index (χ4n) is 2.68. The van der Waals surface area contributed by atoms with Crippen molar-refractivity contribution in [2.45, 2.75) is 50.3 Å². The molecule has 0 radical (unpaired) electrons. The van der Waals surface area contributed by atoms with Crippen LogP contribution in [0, 0.1) is 13.8 Å². The molecule has 2 nitrogen and oxygen atoms in total. The van der Waals surface area contributed by atoms with E-state index in [2.05, 4.69) is 45.1 Å². The van der Waals surface area contributed by atoms with Crippen molar-refractivity contribution in [2.75, 3.05) is 6.54 Å². The summed E-state index contributed by atoms with van der Waals surface area (Å²) in [6.45, 7) is 9.36. The van der Waals surface area contributed by atoms with Gasteiger partial charge in [-0.15, -0.1) is 0 Å². The molecular weight excluding hydrogens is 230 g/mol. The van der Waals surface area contributed by atoms with Gasteiger partial charge in [-0.05, 0) is 43.5 Å². The van der Waals surface area contributed by atoms with E-state index in [-0.39, 0.29) is 5.25 Å². The fourth-order valence-corrected chi connectivity index (χ4v) is 4.35. The quantitative estimate of drug-likeness (QED) is 0.875. The molecular formula is C14H21NOS. The summed E-state index contributed by atoms with van der Waals surface area (Å²) in [5, 5.41) is 3.77. The van der Waals surface area contributed by atoms with Gasteiger partial charge in [0.25, 0.3) is 0 Å². The van der Waals surface area contributed by atoms with Gasteiger partial charge >= 0.3 is 0 Å². The van der Waals surface area contributed by atoms with Gasteiger partial charge in [0.1, 0.15) is 0 Å². The van der Waals surface area contributed by atoms with Crippen LogP contribution in [0.15, 0.2) is 17.0 Å². The maximum absolute atomic E-state index is 12.4. The van der Waals surface area contributed by atoms with Gasteiger partial charge in [0.05, 0.1) is 10.8 Å². The van der Waals surface area contributed by atoms with Crippen LogP contribution in [0.4, 0.5) is 0 Å². The van der Waals surface area contributed by atoms with Gasteiger partial charge < -0.3 is 5.32 Å². The van der Waals surface area contributed by atoms with Crippen molar-refractivity contribution in [3.8, 4) is 0 Å². The molecule has 0 amide bonds. The Hall–Kier alpha value is -0.670. The number of hydrogen-bond acceptors (Lipinski definition) is 2. The first-order chi connectivity index (χ1) is 8.06. The van der Waals surface area contributed by atoms with E-state index in [1.165, 1.54) is 16.7 Å². The molecule has 0 saturated carbocycles. The molecule has 1 aromatic rings. The third kappa shape index (κ3) is 2.18. The van der Waals surface area contributed by atoms with E-state index in [9.17, 15) is 4.21 Å². The highest BCUT2D eigenvalue weighted by Gasteiger charge is 2.31. The van der Waals surface area contributed by atoms with Gasteiger partial charge in [0, 0.05) is 16.2 Å². The van der Waals surface area contributed by atoms with Crippen LogP contribution in [0.3, 0.4) is 0 Å². The minimum Gasteiger partial charge on any atom is -0.310 e. The molecule has 17 heavy (non-hydrogen) atoms. The Balaban J connectivity index is 2.59. The van der Waals surface area contributed by atoms with Crippen LogP contribution in [0.5, 0.6) is 0 Å². The van der Waals surface area contributed by atoms with Gasteiger partial charge in [0.15, 0.2) is 0 Å². The van der Waals surface area contributed by atoms with Gasteiger partial charge in [-0.1, -0.05) is 26.0 Å². The smallest absolute Gasteiger partial charge is 0.0564 e. The summed E-state index contributed by atoms with van der Waals surface area (Å²) in [5.41, 5.74) is 3.71. The van der Waals surface area contributed by atoms with E-state index >= 15 is 0 Å². The molecule has 1 heterocycles. The summed E-state index contributed by atoms with van der Waals surface area (Å²) >= 11 is 0. The summed E-state index contributed by atoms with van der Waals surface area (Å²) in [6, 6.07) is 4.60. The Labute approximate surface area is 106 Å². The topological polar surface area (TPSA) is 29.1 Å². The molecule has 94 valence electrons. The zero-order valence-corrected chi connectivity index (χ0v) is 11.9. The minimum atomic E-state index is -0.846. The summed E-state index contributed by atoms with van der Waals surface area (Å²) in [6.07, 6.45) is 0.970. The summed E-state index contributed by atoms with van der Waals surface area (Å²) in [4.78, 5) is 1.08. The summed E-state index contributed by atoms with van der Waals surface area (Å²) < 4.78 is 12.4. The zero-order valence-electron chi connectivity index (χ0n) is 11.0. The Morgan fingerprint density at radius 3 is 2.65 bits per heavy atom.